The van der Waals surface area contributed by atoms with E-state index in [4.69, 9.17) is 0 Å². The van der Waals surface area contributed by atoms with Crippen LogP contribution in [0.25, 0.3) is 5.69 Å². The summed E-state index contributed by atoms with van der Waals surface area (Å²) in [4.78, 5) is 29.2. The van der Waals surface area contributed by atoms with Gasteiger partial charge in [-0.1, -0.05) is 6.07 Å². The molecule has 8 heteroatoms. The van der Waals surface area contributed by atoms with Gasteiger partial charge in [0.25, 0.3) is 5.91 Å². The molecule has 0 saturated carbocycles. The molecule has 1 aromatic heterocycles. The minimum atomic E-state index is -0.371. The standard InChI is InChI=1S/C17H22N6O2/c1-3-21(4-2)17(25)15-9-6-10-22(15)16(24)13-7-5-8-14(11-13)23-12-18-19-20-23/h5,7-8,11-12,15H,3-4,6,9-10H2,1-2H3/t15-/m1/s1. The number of carbonyl (C=O) groups is 2. The van der Waals surface area contributed by atoms with Crippen LogP contribution in [0.5, 0.6) is 0 Å². The number of likely N-dealkylation sites (tertiary alicyclic amines) is 1. The molecule has 0 bridgehead atoms. The Morgan fingerprint density at radius 1 is 1.28 bits per heavy atom. The number of nitrogens with zero attached hydrogens (tertiary/aromatic N) is 6. The van der Waals surface area contributed by atoms with Crippen LogP contribution in [0.2, 0.25) is 0 Å². The SMILES string of the molecule is CCN(CC)C(=O)[C@H]1CCCN1C(=O)c1cccc(-n2cnnn2)c1. The van der Waals surface area contributed by atoms with Gasteiger partial charge >= 0.3 is 0 Å². The Balaban J connectivity index is 1.82. The van der Waals surface area contributed by atoms with Gasteiger partial charge in [-0.15, -0.1) is 5.10 Å². The van der Waals surface area contributed by atoms with Crippen molar-refractivity contribution >= 4 is 11.8 Å². The molecule has 0 N–H and O–H groups in total. The lowest BCUT2D eigenvalue weighted by Gasteiger charge is -2.29. The van der Waals surface area contributed by atoms with E-state index >= 15 is 0 Å². The van der Waals surface area contributed by atoms with Crippen molar-refractivity contribution in [3.63, 3.8) is 0 Å². The fraction of sp³-hybridized carbons (Fsp3) is 0.471. The summed E-state index contributed by atoms with van der Waals surface area (Å²) in [7, 11) is 0. The molecule has 2 amide bonds. The summed E-state index contributed by atoms with van der Waals surface area (Å²) in [6.45, 7) is 5.83. The first-order valence-electron chi connectivity index (χ1n) is 8.58. The van der Waals surface area contributed by atoms with E-state index in [9.17, 15) is 9.59 Å². The van der Waals surface area contributed by atoms with Crippen molar-refractivity contribution in [3.05, 3.63) is 36.2 Å². The van der Waals surface area contributed by atoms with Gasteiger partial charge < -0.3 is 9.80 Å². The van der Waals surface area contributed by atoms with E-state index in [1.165, 1.54) is 11.0 Å². The number of benzene rings is 1. The molecule has 1 saturated heterocycles. The van der Waals surface area contributed by atoms with Crippen LogP contribution in [0.1, 0.15) is 37.0 Å². The molecule has 2 aromatic rings. The number of rotatable bonds is 5. The van der Waals surface area contributed by atoms with Crippen LogP contribution in [0.3, 0.4) is 0 Å². The highest BCUT2D eigenvalue weighted by Gasteiger charge is 2.36. The number of amides is 2. The third kappa shape index (κ3) is 3.38. The van der Waals surface area contributed by atoms with Gasteiger partial charge in [0.1, 0.15) is 12.4 Å². The zero-order valence-electron chi connectivity index (χ0n) is 14.5. The highest BCUT2D eigenvalue weighted by molar-refractivity contribution is 5.98. The van der Waals surface area contributed by atoms with Crippen molar-refractivity contribution in [1.29, 1.82) is 0 Å². The van der Waals surface area contributed by atoms with Crippen LogP contribution >= 0.6 is 0 Å². The maximum absolute atomic E-state index is 13.0. The van der Waals surface area contributed by atoms with Crippen molar-refractivity contribution in [3.8, 4) is 5.69 Å². The first-order valence-corrected chi connectivity index (χ1v) is 8.58. The Bertz CT molecular complexity index is 741. The lowest BCUT2D eigenvalue weighted by molar-refractivity contribution is -0.134. The molecule has 132 valence electrons. The largest absolute Gasteiger partial charge is 0.341 e. The number of hydrogen-bond donors (Lipinski definition) is 0. The van der Waals surface area contributed by atoms with E-state index in [0.717, 1.165) is 6.42 Å². The van der Waals surface area contributed by atoms with Gasteiger partial charge in [-0.2, -0.15) is 0 Å². The molecule has 1 fully saturated rings. The van der Waals surface area contributed by atoms with Gasteiger partial charge in [-0.3, -0.25) is 9.59 Å². The average Bonchev–Trinajstić information content (AvgIpc) is 3.34. The van der Waals surface area contributed by atoms with Gasteiger partial charge in [-0.25, -0.2) is 4.68 Å². The third-order valence-corrected chi connectivity index (χ3v) is 4.58. The number of tetrazole rings is 1. The molecule has 3 rings (SSSR count). The monoisotopic (exact) mass is 342 g/mol. The highest BCUT2D eigenvalue weighted by atomic mass is 16.2. The van der Waals surface area contributed by atoms with Gasteiger partial charge in [-0.05, 0) is 55.3 Å². The zero-order valence-corrected chi connectivity index (χ0v) is 14.5. The second-order valence-electron chi connectivity index (χ2n) is 5.97. The summed E-state index contributed by atoms with van der Waals surface area (Å²) in [6.07, 6.45) is 3.04. The van der Waals surface area contributed by atoms with E-state index in [0.29, 0.717) is 37.3 Å². The van der Waals surface area contributed by atoms with Crippen molar-refractivity contribution in [1.82, 2.24) is 30.0 Å². The Morgan fingerprint density at radius 3 is 2.76 bits per heavy atom. The molecule has 0 radical (unpaired) electrons. The maximum atomic E-state index is 13.0. The normalized spacial score (nSPS) is 16.9. The predicted octanol–water partition coefficient (Wildman–Crippen LogP) is 1.14. The molecule has 8 nitrogen and oxygen atoms in total. The van der Waals surface area contributed by atoms with E-state index in [2.05, 4.69) is 15.5 Å². The maximum Gasteiger partial charge on any atom is 0.254 e. The van der Waals surface area contributed by atoms with Gasteiger partial charge in [0.15, 0.2) is 0 Å². The summed E-state index contributed by atoms with van der Waals surface area (Å²) in [5, 5.41) is 11.1. The number of hydrogen-bond acceptors (Lipinski definition) is 5. The molecular formula is C17H22N6O2. The van der Waals surface area contributed by atoms with Crippen molar-refractivity contribution < 1.29 is 9.59 Å². The Labute approximate surface area is 146 Å². The Morgan fingerprint density at radius 2 is 2.08 bits per heavy atom. The second kappa shape index (κ2) is 7.42. The van der Waals surface area contributed by atoms with Crippen LogP contribution < -0.4 is 0 Å². The van der Waals surface area contributed by atoms with Gasteiger partial charge in [0.05, 0.1) is 5.69 Å². The third-order valence-electron chi connectivity index (χ3n) is 4.58. The van der Waals surface area contributed by atoms with Crippen molar-refractivity contribution in [2.24, 2.45) is 0 Å². The molecule has 1 atom stereocenters. The topological polar surface area (TPSA) is 84.2 Å². The fourth-order valence-electron chi connectivity index (χ4n) is 3.24. The summed E-state index contributed by atoms with van der Waals surface area (Å²) < 4.78 is 1.50. The Hall–Kier alpha value is -2.77. The van der Waals surface area contributed by atoms with E-state index < -0.39 is 0 Å². The summed E-state index contributed by atoms with van der Waals surface area (Å²) in [6, 6.07) is 6.75. The summed E-state index contributed by atoms with van der Waals surface area (Å²) in [5.41, 5.74) is 1.24. The van der Waals surface area contributed by atoms with Crippen LogP contribution in [-0.4, -0.2) is 67.5 Å². The lowest BCUT2D eigenvalue weighted by atomic mass is 10.1. The molecular weight excluding hydrogens is 320 g/mol. The van der Waals surface area contributed by atoms with Crippen LogP contribution in [0.4, 0.5) is 0 Å². The van der Waals surface area contributed by atoms with E-state index in [1.807, 2.05) is 19.9 Å². The lowest BCUT2D eigenvalue weighted by Crippen LogP contribution is -2.47. The van der Waals surface area contributed by atoms with Crippen LogP contribution in [0.15, 0.2) is 30.6 Å². The molecule has 1 aromatic carbocycles. The quantitative estimate of drug-likeness (QED) is 0.813. The predicted molar refractivity (Wildman–Crippen MR) is 91.1 cm³/mol. The first-order chi connectivity index (χ1) is 12.2. The van der Waals surface area contributed by atoms with Crippen LogP contribution in [-0.2, 0) is 4.79 Å². The molecule has 0 unspecified atom stereocenters. The first kappa shape index (κ1) is 17.1. The summed E-state index contributed by atoms with van der Waals surface area (Å²) in [5.74, 6) is -0.0922. The Kier molecular flexibility index (Phi) is 5.06. The molecule has 1 aliphatic heterocycles. The average molecular weight is 342 g/mol. The number of aromatic nitrogens is 4. The smallest absolute Gasteiger partial charge is 0.254 e. The van der Waals surface area contributed by atoms with E-state index in [-0.39, 0.29) is 17.9 Å². The molecule has 0 spiro atoms. The minimum absolute atomic E-state index is 0.0347. The molecule has 25 heavy (non-hydrogen) atoms. The molecule has 2 heterocycles. The van der Waals surface area contributed by atoms with Crippen molar-refractivity contribution in [2.75, 3.05) is 19.6 Å². The van der Waals surface area contributed by atoms with Crippen LogP contribution in [0, 0.1) is 0 Å². The van der Waals surface area contributed by atoms with Gasteiger partial charge in [0, 0.05) is 25.2 Å². The zero-order chi connectivity index (χ0) is 17.8. The second-order valence-corrected chi connectivity index (χ2v) is 5.97. The molecule has 0 aliphatic carbocycles. The highest BCUT2D eigenvalue weighted by Crippen LogP contribution is 2.23. The number of likely N-dealkylation sites (N-methyl/N-ethyl adjacent to an activating group) is 1. The van der Waals surface area contributed by atoms with Gasteiger partial charge in [0.2, 0.25) is 5.91 Å². The van der Waals surface area contributed by atoms with E-state index in [1.54, 1.807) is 28.0 Å². The fourth-order valence-corrected chi connectivity index (χ4v) is 3.24. The minimum Gasteiger partial charge on any atom is -0.341 e. The summed E-state index contributed by atoms with van der Waals surface area (Å²) >= 11 is 0. The number of carbonyl (C=O) groups excluding carboxylic acids is 2. The molecule has 1 aliphatic rings. The van der Waals surface area contributed by atoms with Crippen molar-refractivity contribution in [2.45, 2.75) is 32.7 Å².